The van der Waals surface area contributed by atoms with E-state index in [9.17, 15) is 23.4 Å². The largest absolute Gasteiger partial charge is 0.504 e. The lowest BCUT2D eigenvalue weighted by Crippen LogP contribution is -2.16. The number of hydrogen-bond acceptors (Lipinski definition) is 6. The van der Waals surface area contributed by atoms with Gasteiger partial charge in [-0.05, 0) is 18.1 Å². The summed E-state index contributed by atoms with van der Waals surface area (Å²) >= 11 is 0. The Balaban J connectivity index is 2.18. The number of aryl methyl sites for hydroxylation is 1. The monoisotopic (exact) mass is 338 g/mol. The minimum atomic E-state index is -4.08. The summed E-state index contributed by atoms with van der Waals surface area (Å²) < 4.78 is 28.6. The van der Waals surface area contributed by atoms with Gasteiger partial charge >= 0.3 is 16.1 Å². The van der Waals surface area contributed by atoms with Crippen LogP contribution in [0.4, 0.5) is 0 Å². The summed E-state index contributed by atoms with van der Waals surface area (Å²) in [7, 11) is -4.08. The standard InChI is InChI=1S/C15H14O7S/c16-12-8-11(15(18)19)9-13(14(12)17)22-23(20,21)7-6-10-4-2-1-3-5-10/h1-5,8-9,16-17H,6-7H2,(H,18,19). The second-order valence-electron chi connectivity index (χ2n) is 4.73. The second kappa shape index (κ2) is 6.57. The molecule has 0 radical (unpaired) electrons. The zero-order chi connectivity index (χ0) is 17.0. The minimum absolute atomic E-state index is 0.189. The Morgan fingerprint density at radius 3 is 2.35 bits per heavy atom. The molecule has 0 heterocycles. The molecule has 122 valence electrons. The molecule has 2 aromatic carbocycles. The van der Waals surface area contributed by atoms with E-state index in [2.05, 4.69) is 0 Å². The highest BCUT2D eigenvalue weighted by molar-refractivity contribution is 7.87. The van der Waals surface area contributed by atoms with Crippen LogP contribution in [0.25, 0.3) is 0 Å². The molecule has 0 unspecified atom stereocenters. The SMILES string of the molecule is O=C(O)c1cc(O)c(O)c(OS(=O)(=O)CCc2ccccc2)c1. The van der Waals surface area contributed by atoms with Gasteiger partial charge in [0, 0.05) is 6.07 Å². The highest BCUT2D eigenvalue weighted by atomic mass is 32.2. The number of benzene rings is 2. The van der Waals surface area contributed by atoms with Gasteiger partial charge in [-0.3, -0.25) is 0 Å². The van der Waals surface area contributed by atoms with E-state index in [1.165, 1.54) is 0 Å². The van der Waals surface area contributed by atoms with Crippen LogP contribution in [-0.4, -0.2) is 35.5 Å². The Kier molecular flexibility index (Phi) is 4.75. The summed E-state index contributed by atoms with van der Waals surface area (Å²) in [5, 5.41) is 27.9. The fourth-order valence-electron chi connectivity index (χ4n) is 1.85. The number of phenols is 2. The molecule has 0 aliphatic rings. The first-order valence-corrected chi connectivity index (χ1v) is 8.11. The zero-order valence-electron chi connectivity index (χ0n) is 11.8. The molecule has 0 aliphatic heterocycles. The van der Waals surface area contributed by atoms with Crippen LogP contribution in [-0.2, 0) is 16.5 Å². The Labute approximate surface area is 132 Å². The number of aromatic carboxylic acids is 1. The van der Waals surface area contributed by atoms with Crippen LogP contribution in [0.15, 0.2) is 42.5 Å². The van der Waals surface area contributed by atoms with Crippen molar-refractivity contribution in [1.82, 2.24) is 0 Å². The minimum Gasteiger partial charge on any atom is -0.504 e. The summed E-state index contributed by atoms with van der Waals surface area (Å²) in [6.45, 7) is 0. The quantitative estimate of drug-likeness (QED) is 0.542. The smallest absolute Gasteiger partial charge is 0.335 e. The molecule has 0 spiro atoms. The van der Waals surface area contributed by atoms with Crippen molar-refractivity contribution < 1.29 is 32.7 Å². The summed E-state index contributed by atoms with van der Waals surface area (Å²) in [4.78, 5) is 10.9. The third kappa shape index (κ3) is 4.36. The second-order valence-corrected chi connectivity index (χ2v) is 6.42. The van der Waals surface area contributed by atoms with Gasteiger partial charge in [0.15, 0.2) is 11.5 Å². The van der Waals surface area contributed by atoms with Crippen molar-refractivity contribution in [3.05, 3.63) is 53.6 Å². The molecule has 0 bridgehead atoms. The Morgan fingerprint density at radius 2 is 1.74 bits per heavy atom. The van der Waals surface area contributed by atoms with Gasteiger partial charge in [0.2, 0.25) is 5.75 Å². The Bertz CT molecular complexity index is 813. The van der Waals surface area contributed by atoms with Crippen LogP contribution >= 0.6 is 0 Å². The molecule has 3 N–H and O–H groups in total. The first-order valence-electron chi connectivity index (χ1n) is 6.54. The van der Waals surface area contributed by atoms with E-state index in [0.29, 0.717) is 0 Å². The normalized spacial score (nSPS) is 11.1. The van der Waals surface area contributed by atoms with E-state index in [1.807, 2.05) is 0 Å². The van der Waals surface area contributed by atoms with Crippen molar-refractivity contribution in [1.29, 1.82) is 0 Å². The van der Waals surface area contributed by atoms with Crippen LogP contribution < -0.4 is 4.18 Å². The van der Waals surface area contributed by atoms with E-state index in [0.717, 1.165) is 17.7 Å². The van der Waals surface area contributed by atoms with Crippen molar-refractivity contribution in [2.75, 3.05) is 5.75 Å². The van der Waals surface area contributed by atoms with E-state index < -0.39 is 38.9 Å². The van der Waals surface area contributed by atoms with Gasteiger partial charge in [0.25, 0.3) is 0 Å². The first kappa shape index (κ1) is 16.6. The molecule has 0 aliphatic carbocycles. The maximum atomic E-state index is 12.0. The van der Waals surface area contributed by atoms with Gasteiger partial charge in [-0.2, -0.15) is 8.42 Å². The van der Waals surface area contributed by atoms with Crippen LogP contribution in [0.1, 0.15) is 15.9 Å². The lowest BCUT2D eigenvalue weighted by molar-refractivity contribution is 0.0696. The van der Waals surface area contributed by atoms with E-state index in [-0.39, 0.29) is 12.2 Å². The maximum absolute atomic E-state index is 12.0. The van der Waals surface area contributed by atoms with Crippen LogP contribution in [0.3, 0.4) is 0 Å². The third-order valence-corrected chi connectivity index (χ3v) is 4.14. The van der Waals surface area contributed by atoms with Crippen molar-refractivity contribution in [2.45, 2.75) is 6.42 Å². The summed E-state index contributed by atoms with van der Waals surface area (Å²) in [5.74, 6) is -4.01. The number of carboxylic acid groups (broad SMARTS) is 1. The molecule has 0 atom stereocenters. The summed E-state index contributed by atoms with van der Waals surface area (Å²) in [5.41, 5.74) is 0.375. The molecular formula is C15H14O7S. The van der Waals surface area contributed by atoms with Gasteiger partial charge in [-0.15, -0.1) is 0 Å². The molecule has 8 heteroatoms. The molecule has 0 amide bonds. The molecule has 23 heavy (non-hydrogen) atoms. The fourth-order valence-corrected chi connectivity index (χ4v) is 2.82. The first-order chi connectivity index (χ1) is 10.8. The van der Waals surface area contributed by atoms with Gasteiger partial charge in [-0.25, -0.2) is 4.79 Å². The van der Waals surface area contributed by atoms with Crippen LogP contribution in [0.5, 0.6) is 17.2 Å². The molecule has 0 fully saturated rings. The fraction of sp³-hybridized carbons (Fsp3) is 0.133. The molecule has 0 saturated carbocycles. The molecule has 0 saturated heterocycles. The van der Waals surface area contributed by atoms with E-state index in [4.69, 9.17) is 9.29 Å². The number of carboxylic acids is 1. The Morgan fingerprint density at radius 1 is 1.09 bits per heavy atom. The number of phenolic OH excluding ortho intramolecular Hbond substituents is 2. The Hall–Kier alpha value is -2.74. The predicted octanol–water partition coefficient (Wildman–Crippen LogP) is 1.75. The van der Waals surface area contributed by atoms with Gasteiger partial charge in [0.1, 0.15) is 0 Å². The van der Waals surface area contributed by atoms with Gasteiger partial charge in [0.05, 0.1) is 11.3 Å². The van der Waals surface area contributed by atoms with Crippen molar-refractivity contribution >= 4 is 16.1 Å². The number of aromatic hydroxyl groups is 2. The highest BCUT2D eigenvalue weighted by Crippen LogP contribution is 2.37. The third-order valence-electron chi connectivity index (χ3n) is 3.00. The lowest BCUT2D eigenvalue weighted by atomic mass is 10.2. The van der Waals surface area contributed by atoms with E-state index >= 15 is 0 Å². The molecule has 0 aromatic heterocycles. The van der Waals surface area contributed by atoms with Gasteiger partial charge < -0.3 is 19.5 Å². The van der Waals surface area contributed by atoms with Crippen LogP contribution in [0.2, 0.25) is 0 Å². The van der Waals surface area contributed by atoms with Crippen molar-refractivity contribution in [3.8, 4) is 17.2 Å². The van der Waals surface area contributed by atoms with Gasteiger partial charge in [-0.1, -0.05) is 30.3 Å². The van der Waals surface area contributed by atoms with Crippen molar-refractivity contribution in [2.24, 2.45) is 0 Å². The maximum Gasteiger partial charge on any atom is 0.335 e. The van der Waals surface area contributed by atoms with Crippen molar-refractivity contribution in [3.63, 3.8) is 0 Å². The number of hydrogen-bond donors (Lipinski definition) is 3. The molecule has 7 nitrogen and oxygen atoms in total. The molecule has 2 aromatic rings. The van der Waals surface area contributed by atoms with E-state index in [1.54, 1.807) is 30.3 Å². The summed E-state index contributed by atoms with van der Waals surface area (Å²) in [6.07, 6.45) is 0.189. The number of carbonyl (C=O) groups is 1. The number of rotatable bonds is 6. The molecule has 2 rings (SSSR count). The average Bonchev–Trinajstić information content (AvgIpc) is 2.50. The molecular weight excluding hydrogens is 324 g/mol. The average molecular weight is 338 g/mol. The predicted molar refractivity (Wildman–Crippen MR) is 81.3 cm³/mol. The topological polar surface area (TPSA) is 121 Å². The zero-order valence-corrected chi connectivity index (χ0v) is 12.7. The summed E-state index contributed by atoms with van der Waals surface area (Å²) in [6, 6.07) is 10.5. The lowest BCUT2D eigenvalue weighted by Gasteiger charge is -2.10. The van der Waals surface area contributed by atoms with Crippen LogP contribution in [0, 0.1) is 0 Å². The highest BCUT2D eigenvalue weighted by Gasteiger charge is 2.20.